The number of nitro groups is 1. The van der Waals surface area contributed by atoms with Crippen LogP contribution in [0.5, 0.6) is 11.5 Å². The summed E-state index contributed by atoms with van der Waals surface area (Å²) in [5.41, 5.74) is -1.51. The highest BCUT2D eigenvalue weighted by molar-refractivity contribution is 9.10. The first-order valence-electron chi connectivity index (χ1n) is 8.63. The van der Waals surface area contributed by atoms with Crippen LogP contribution in [0.4, 0.5) is 30.2 Å². The number of rotatable bonds is 6. The predicted molar refractivity (Wildman–Crippen MR) is 105 cm³/mol. The molecule has 0 aliphatic carbocycles. The first-order valence-corrected chi connectivity index (χ1v) is 9.43. The van der Waals surface area contributed by atoms with Gasteiger partial charge in [0.05, 0.1) is 16.2 Å². The van der Waals surface area contributed by atoms with E-state index in [1.807, 2.05) is 0 Å². The number of hydrogen-bond donors (Lipinski definition) is 2. The number of nitrogens with one attached hydrogen (secondary N) is 2. The molecule has 1 amide bonds. The molecule has 0 aromatic heterocycles. The molecule has 2 aromatic rings. The van der Waals surface area contributed by atoms with E-state index in [0.717, 1.165) is 12.1 Å². The van der Waals surface area contributed by atoms with E-state index in [2.05, 4.69) is 26.6 Å². The summed E-state index contributed by atoms with van der Waals surface area (Å²) in [7, 11) is 0. The molecule has 160 valence electrons. The van der Waals surface area contributed by atoms with Crippen molar-refractivity contribution in [1.29, 1.82) is 0 Å². The van der Waals surface area contributed by atoms with Crippen LogP contribution in [0.2, 0.25) is 0 Å². The molecule has 0 spiro atoms. The number of hydrogen-bond acceptors (Lipinski definition) is 6. The van der Waals surface area contributed by atoms with Gasteiger partial charge in [-0.2, -0.15) is 13.2 Å². The number of fused-ring (bicyclic) bond motifs is 1. The smallest absolute Gasteiger partial charge is 0.416 e. The summed E-state index contributed by atoms with van der Waals surface area (Å²) < 4.78 is 49.7. The van der Waals surface area contributed by atoms with Crippen molar-refractivity contribution >= 4 is 38.9 Å². The quantitative estimate of drug-likeness (QED) is 0.454. The molecule has 0 bridgehead atoms. The highest BCUT2D eigenvalue weighted by Crippen LogP contribution is 2.38. The second kappa shape index (κ2) is 8.78. The molecule has 0 fully saturated rings. The Morgan fingerprint density at radius 1 is 1.13 bits per heavy atom. The summed E-state index contributed by atoms with van der Waals surface area (Å²) in [5.74, 6) is 0.620. The van der Waals surface area contributed by atoms with Crippen molar-refractivity contribution in [2.45, 2.75) is 12.6 Å². The largest absolute Gasteiger partial charge is 0.486 e. The van der Waals surface area contributed by atoms with E-state index in [-0.39, 0.29) is 18.7 Å². The van der Waals surface area contributed by atoms with Gasteiger partial charge in [0.15, 0.2) is 11.5 Å². The van der Waals surface area contributed by atoms with E-state index in [4.69, 9.17) is 9.47 Å². The molecular formula is C18H15BrF3N3O5. The molecule has 1 heterocycles. The molecule has 0 unspecified atom stereocenters. The third-order valence-electron chi connectivity index (χ3n) is 4.10. The summed E-state index contributed by atoms with van der Waals surface area (Å²) in [6, 6.07) is 5.42. The highest BCUT2D eigenvalue weighted by atomic mass is 79.9. The highest BCUT2D eigenvalue weighted by Gasteiger charge is 2.33. The summed E-state index contributed by atoms with van der Waals surface area (Å²) in [6.45, 7) is 0.783. The van der Waals surface area contributed by atoms with Crippen LogP contribution < -0.4 is 20.1 Å². The number of amides is 1. The molecule has 0 saturated heterocycles. The molecule has 1 aliphatic rings. The Labute approximate surface area is 176 Å². The zero-order valence-corrected chi connectivity index (χ0v) is 16.8. The topological polar surface area (TPSA) is 103 Å². The molecular weight excluding hydrogens is 475 g/mol. The fourth-order valence-corrected chi connectivity index (χ4v) is 3.11. The molecule has 2 aromatic carbocycles. The van der Waals surface area contributed by atoms with Crippen molar-refractivity contribution in [1.82, 2.24) is 0 Å². The maximum atomic E-state index is 12.7. The monoisotopic (exact) mass is 489 g/mol. The normalized spacial score (nSPS) is 12.9. The number of nitro benzene ring substituents is 1. The van der Waals surface area contributed by atoms with Crippen molar-refractivity contribution < 1.29 is 32.4 Å². The molecule has 0 radical (unpaired) electrons. The minimum Gasteiger partial charge on any atom is -0.486 e. The first kappa shape index (κ1) is 21.7. The lowest BCUT2D eigenvalue weighted by Gasteiger charge is -2.20. The zero-order chi connectivity index (χ0) is 21.9. The minimum atomic E-state index is -4.69. The molecule has 3 rings (SSSR count). The SMILES string of the molecule is O=C(CCNc1ccc(C(F)(F)F)cc1[N+](=O)[O-])Nc1cc2c(cc1Br)OCCO2. The maximum Gasteiger partial charge on any atom is 0.416 e. The summed E-state index contributed by atoms with van der Waals surface area (Å²) in [6.07, 6.45) is -4.78. The Hall–Kier alpha value is -3.02. The van der Waals surface area contributed by atoms with Crippen LogP contribution >= 0.6 is 15.9 Å². The van der Waals surface area contributed by atoms with Gasteiger partial charge in [0.2, 0.25) is 5.91 Å². The van der Waals surface area contributed by atoms with E-state index in [9.17, 15) is 28.1 Å². The van der Waals surface area contributed by atoms with Gasteiger partial charge in [-0.1, -0.05) is 0 Å². The van der Waals surface area contributed by atoms with Crippen molar-refractivity contribution in [2.75, 3.05) is 30.4 Å². The lowest BCUT2D eigenvalue weighted by atomic mass is 10.1. The van der Waals surface area contributed by atoms with Crippen LogP contribution in [0.25, 0.3) is 0 Å². The third kappa shape index (κ3) is 5.12. The van der Waals surface area contributed by atoms with Gasteiger partial charge >= 0.3 is 6.18 Å². The van der Waals surface area contributed by atoms with Crippen molar-refractivity contribution in [3.63, 3.8) is 0 Å². The third-order valence-corrected chi connectivity index (χ3v) is 4.75. The lowest BCUT2D eigenvalue weighted by Crippen LogP contribution is -2.18. The molecule has 30 heavy (non-hydrogen) atoms. The standard InChI is InChI=1S/C18H15BrF3N3O5/c19-11-8-15-16(30-6-5-29-15)9-13(11)24-17(26)3-4-23-12-2-1-10(18(20,21)22)7-14(12)25(27)28/h1-2,7-9,23H,3-6H2,(H,24,26). The van der Waals surface area contributed by atoms with Gasteiger partial charge in [0, 0.05) is 35.6 Å². The Morgan fingerprint density at radius 3 is 2.43 bits per heavy atom. The van der Waals surface area contributed by atoms with Crippen LogP contribution in [0.1, 0.15) is 12.0 Å². The average molecular weight is 490 g/mol. The van der Waals surface area contributed by atoms with Gasteiger partial charge < -0.3 is 20.1 Å². The van der Waals surface area contributed by atoms with Gasteiger partial charge in [-0.3, -0.25) is 14.9 Å². The number of anilines is 2. The van der Waals surface area contributed by atoms with Gasteiger partial charge in [-0.25, -0.2) is 0 Å². The molecule has 1 aliphatic heterocycles. The summed E-state index contributed by atoms with van der Waals surface area (Å²) >= 11 is 3.32. The number of carbonyl (C=O) groups excluding carboxylic acids is 1. The van der Waals surface area contributed by atoms with Crippen LogP contribution in [-0.2, 0) is 11.0 Å². The number of ether oxygens (including phenoxy) is 2. The lowest BCUT2D eigenvalue weighted by molar-refractivity contribution is -0.384. The van der Waals surface area contributed by atoms with Crippen molar-refractivity contribution in [2.24, 2.45) is 0 Å². The minimum absolute atomic E-state index is 0.0276. The molecule has 0 atom stereocenters. The van der Waals surface area contributed by atoms with E-state index >= 15 is 0 Å². The summed E-state index contributed by atoms with van der Waals surface area (Å²) in [5, 5.41) is 16.4. The first-order chi connectivity index (χ1) is 14.1. The predicted octanol–water partition coefficient (Wildman–Crippen LogP) is 4.59. The average Bonchev–Trinajstić information content (AvgIpc) is 2.67. The Balaban J connectivity index is 1.62. The van der Waals surface area contributed by atoms with E-state index in [0.29, 0.717) is 40.9 Å². The van der Waals surface area contributed by atoms with Crippen LogP contribution in [-0.4, -0.2) is 30.6 Å². The number of carbonyl (C=O) groups is 1. The summed E-state index contributed by atoms with van der Waals surface area (Å²) in [4.78, 5) is 22.4. The van der Waals surface area contributed by atoms with Crippen molar-refractivity contribution in [3.8, 4) is 11.5 Å². The number of nitrogens with zero attached hydrogens (tertiary/aromatic N) is 1. The van der Waals surface area contributed by atoms with Crippen LogP contribution in [0, 0.1) is 10.1 Å². The zero-order valence-electron chi connectivity index (χ0n) is 15.2. The fourth-order valence-electron chi connectivity index (χ4n) is 2.69. The van der Waals surface area contributed by atoms with E-state index in [1.54, 1.807) is 12.1 Å². The van der Waals surface area contributed by atoms with E-state index < -0.39 is 28.3 Å². The fraction of sp³-hybridized carbons (Fsp3) is 0.278. The van der Waals surface area contributed by atoms with Gasteiger partial charge in [0.1, 0.15) is 18.9 Å². The number of alkyl halides is 3. The number of benzene rings is 2. The second-order valence-electron chi connectivity index (χ2n) is 6.19. The molecule has 8 nitrogen and oxygen atoms in total. The second-order valence-corrected chi connectivity index (χ2v) is 7.04. The van der Waals surface area contributed by atoms with Crippen LogP contribution in [0.3, 0.4) is 0 Å². The Morgan fingerprint density at radius 2 is 1.80 bits per heavy atom. The Kier molecular flexibility index (Phi) is 6.34. The maximum absolute atomic E-state index is 12.7. The van der Waals surface area contributed by atoms with E-state index in [1.165, 1.54) is 0 Å². The Bertz CT molecular complexity index is 984. The van der Waals surface area contributed by atoms with Crippen LogP contribution in [0.15, 0.2) is 34.8 Å². The molecule has 0 saturated carbocycles. The van der Waals surface area contributed by atoms with Gasteiger partial charge in [-0.05, 0) is 28.1 Å². The van der Waals surface area contributed by atoms with Gasteiger partial charge in [-0.15, -0.1) is 0 Å². The molecule has 12 heteroatoms. The molecule has 2 N–H and O–H groups in total. The van der Waals surface area contributed by atoms with Crippen molar-refractivity contribution in [3.05, 3.63) is 50.5 Å². The van der Waals surface area contributed by atoms with Gasteiger partial charge in [0.25, 0.3) is 5.69 Å². The number of halogens is 4.